The number of hydrogen-bond donors (Lipinski definition) is 0. The predicted octanol–water partition coefficient (Wildman–Crippen LogP) is 8.69. The molecule has 0 amide bonds. The predicted molar refractivity (Wildman–Crippen MR) is 239 cm³/mol. The van der Waals surface area contributed by atoms with Gasteiger partial charge in [0.05, 0.1) is 0 Å². The quantitative estimate of drug-likeness (QED) is 0.153. The molecule has 0 nitrogen and oxygen atoms in total. The van der Waals surface area contributed by atoms with E-state index in [2.05, 4.69) is 216 Å². The second kappa shape index (κ2) is 18.9. The number of fused-ring (bicyclic) bond motifs is 3. The molecular formula is C54H70Cl2Zr-2. The molecule has 0 aliphatic heterocycles. The van der Waals surface area contributed by atoms with E-state index >= 15 is 0 Å². The number of hydrogen-bond acceptors (Lipinski definition) is 0. The molecule has 3 heteroatoms. The molecule has 1 aliphatic carbocycles. The molecule has 0 atom stereocenters. The summed E-state index contributed by atoms with van der Waals surface area (Å²) >= 11 is 1.46. The third-order valence-electron chi connectivity index (χ3n) is 10.8. The van der Waals surface area contributed by atoms with Crippen molar-refractivity contribution < 1.29 is 49.0 Å². The molecule has 0 aromatic heterocycles. The molecule has 0 N–H and O–H groups in total. The summed E-state index contributed by atoms with van der Waals surface area (Å²) in [4.78, 5) is 0. The van der Waals surface area contributed by atoms with Gasteiger partial charge in [-0.15, -0.1) is 22.3 Å². The summed E-state index contributed by atoms with van der Waals surface area (Å²) in [5.41, 5.74) is 20.4. The van der Waals surface area contributed by atoms with Crippen LogP contribution in [0.5, 0.6) is 0 Å². The zero-order chi connectivity index (χ0) is 41.5. The van der Waals surface area contributed by atoms with Crippen molar-refractivity contribution in [3.8, 4) is 11.1 Å². The van der Waals surface area contributed by atoms with Gasteiger partial charge in [-0.25, -0.2) is 12.1 Å². The summed E-state index contributed by atoms with van der Waals surface area (Å²) < 4.78 is 1.42. The Labute approximate surface area is 376 Å². The van der Waals surface area contributed by atoms with E-state index in [0.717, 1.165) is 6.42 Å². The first-order valence-corrected chi connectivity index (χ1v) is 21.6. The van der Waals surface area contributed by atoms with E-state index in [1.54, 1.807) is 0 Å². The average molecular weight is 881 g/mol. The molecule has 0 spiro atoms. The Kier molecular flexibility index (Phi) is 16.8. The first kappa shape index (κ1) is 50.7. The van der Waals surface area contributed by atoms with Crippen molar-refractivity contribution in [2.45, 2.75) is 158 Å². The second-order valence-electron chi connectivity index (χ2n) is 21.2. The molecule has 0 fully saturated rings. The summed E-state index contributed by atoms with van der Waals surface area (Å²) in [6, 6.07) is 35.4. The minimum atomic E-state index is 0. The van der Waals surface area contributed by atoms with Crippen LogP contribution in [0.1, 0.15) is 171 Å². The zero-order valence-corrected chi connectivity index (χ0v) is 42.5. The third kappa shape index (κ3) is 12.8. The topological polar surface area (TPSA) is 0 Å². The average Bonchev–Trinajstić information content (AvgIpc) is 3.66. The van der Waals surface area contributed by atoms with Crippen molar-refractivity contribution in [2.24, 2.45) is 0 Å². The molecule has 0 bridgehead atoms. The van der Waals surface area contributed by atoms with Gasteiger partial charge >= 0.3 is 112 Å². The molecular weight excluding hydrogens is 811 g/mol. The van der Waals surface area contributed by atoms with E-state index < -0.39 is 0 Å². The summed E-state index contributed by atoms with van der Waals surface area (Å²) in [6.07, 6.45) is 1.01. The van der Waals surface area contributed by atoms with Crippen molar-refractivity contribution in [1.29, 1.82) is 0 Å². The maximum absolute atomic E-state index is 3.90. The van der Waals surface area contributed by atoms with Crippen LogP contribution in [0.3, 0.4) is 0 Å². The summed E-state index contributed by atoms with van der Waals surface area (Å²) in [7, 11) is 0. The van der Waals surface area contributed by atoms with E-state index in [-0.39, 0.29) is 46.5 Å². The van der Waals surface area contributed by atoms with Gasteiger partial charge in [0.25, 0.3) is 0 Å². The van der Waals surface area contributed by atoms with Crippen molar-refractivity contribution >= 4 is 3.21 Å². The van der Waals surface area contributed by atoms with E-state index in [9.17, 15) is 0 Å². The molecule has 6 rings (SSSR count). The van der Waals surface area contributed by atoms with Crippen LogP contribution >= 0.6 is 0 Å². The van der Waals surface area contributed by atoms with Crippen LogP contribution in [0.25, 0.3) is 11.1 Å². The Hall–Kier alpha value is -2.44. The smallest absolute Gasteiger partial charge is 0.0583 e. The van der Waals surface area contributed by atoms with Gasteiger partial charge in [-0.1, -0.05) is 139 Å². The van der Waals surface area contributed by atoms with Crippen molar-refractivity contribution in [3.63, 3.8) is 0 Å². The minimum absolute atomic E-state index is 0. The summed E-state index contributed by atoms with van der Waals surface area (Å²) in [5.74, 6) is 0. The Morgan fingerprint density at radius 3 is 1.32 bits per heavy atom. The molecule has 57 heavy (non-hydrogen) atoms. The van der Waals surface area contributed by atoms with Gasteiger partial charge < -0.3 is 24.8 Å². The van der Waals surface area contributed by atoms with E-state index in [1.165, 1.54) is 105 Å². The van der Waals surface area contributed by atoms with Gasteiger partial charge in [-0.3, -0.25) is 0 Å². The first-order valence-electron chi connectivity index (χ1n) is 20.3. The van der Waals surface area contributed by atoms with Crippen LogP contribution in [0.15, 0.2) is 84.9 Å². The van der Waals surface area contributed by atoms with Gasteiger partial charge in [0.2, 0.25) is 0 Å². The Morgan fingerprint density at radius 1 is 0.544 bits per heavy atom. The largest absolute Gasteiger partial charge is 1.00 e. The molecule has 0 unspecified atom stereocenters. The third-order valence-corrected chi connectivity index (χ3v) is 12.2. The maximum Gasteiger partial charge on any atom is -0.0583 e. The molecule has 0 saturated heterocycles. The Morgan fingerprint density at radius 2 is 0.965 bits per heavy atom. The van der Waals surface area contributed by atoms with Crippen LogP contribution in [-0.2, 0) is 57.7 Å². The van der Waals surface area contributed by atoms with E-state index in [0.29, 0.717) is 5.41 Å². The van der Waals surface area contributed by atoms with E-state index in [4.69, 9.17) is 0 Å². The van der Waals surface area contributed by atoms with Crippen LogP contribution in [0, 0.1) is 26.8 Å². The molecule has 306 valence electrons. The van der Waals surface area contributed by atoms with Crippen LogP contribution < -0.4 is 24.8 Å². The fourth-order valence-electron chi connectivity index (χ4n) is 7.58. The van der Waals surface area contributed by atoms with Crippen LogP contribution in [0.4, 0.5) is 0 Å². The maximum atomic E-state index is 3.90. The fourth-order valence-corrected chi connectivity index (χ4v) is 8.40. The number of aryl methyl sites for hydroxylation is 3. The zero-order valence-electron chi connectivity index (χ0n) is 38.5. The van der Waals surface area contributed by atoms with Crippen LogP contribution in [-0.4, -0.2) is 3.21 Å². The van der Waals surface area contributed by atoms with Gasteiger partial charge in [0.1, 0.15) is 0 Å². The first-order chi connectivity index (χ1) is 25.1. The Balaban J connectivity index is 0.000000335. The summed E-state index contributed by atoms with van der Waals surface area (Å²) in [6.45, 7) is 41.1. The molecule has 5 aromatic carbocycles. The van der Waals surface area contributed by atoms with Crippen molar-refractivity contribution in [2.75, 3.05) is 0 Å². The monoisotopic (exact) mass is 878 g/mol. The van der Waals surface area contributed by atoms with Gasteiger partial charge in [-0.05, 0) is 39.4 Å². The van der Waals surface area contributed by atoms with Gasteiger partial charge in [0.15, 0.2) is 0 Å². The van der Waals surface area contributed by atoms with Gasteiger partial charge in [-0.2, -0.15) is 29.3 Å². The molecule has 0 radical (unpaired) electrons. The fraction of sp³-hybridized carbons (Fsp3) is 0.444. The molecule has 1 aliphatic rings. The standard InChI is InChI=1S/C29H41.C15H14.C10H15.2ClH.Zr/c1-26(2,3)22-14-18-13-19-15-23(27(4,5)6)25(29(10,11)12)17-21(19)20(18)16-24(22)28(7,8)9;1-12-3-7-14(8-4-12)11-15-9-5-13(2)6-10-15;1-8-6-5-7-9(8)10(2,3)4;;;/h14,16-17H,13H2,1-12H3;3-10H,1-2H3;5-7H,1-4H3;2*1H;/q-1;;-1;;;+2/p-2. The van der Waals surface area contributed by atoms with Crippen molar-refractivity contribution in [3.05, 3.63) is 158 Å². The normalized spacial score (nSPS) is 12.5. The Bertz CT molecular complexity index is 1980. The van der Waals surface area contributed by atoms with Gasteiger partial charge in [0, 0.05) is 0 Å². The second-order valence-corrected chi connectivity index (χ2v) is 22.4. The number of benzene rings is 4. The van der Waals surface area contributed by atoms with Crippen molar-refractivity contribution in [1.82, 2.24) is 0 Å². The number of rotatable bonds is 2. The van der Waals surface area contributed by atoms with Crippen LogP contribution in [0.2, 0.25) is 0 Å². The molecule has 0 heterocycles. The van der Waals surface area contributed by atoms with E-state index in [1.807, 2.05) is 0 Å². The molecule has 0 saturated carbocycles. The number of halogens is 2. The molecule has 5 aromatic rings. The summed E-state index contributed by atoms with van der Waals surface area (Å²) in [5, 5.41) is 0. The minimum Gasteiger partial charge on any atom is -1.00 e. The SMILES string of the molecule is CC(C)(C)c1[c-]c2c(cc1C(C)(C)C)-c1cc(C(C)(C)C)c(C(C)(C)C)cc1C2.Cc1ccc([C](=[Zr+2])c2ccc(C)cc2)cc1.Cc1ccc[c-]1C(C)(C)C.[Cl-].[Cl-].